The molecular weight excluding hydrogens is 368 g/mol. The summed E-state index contributed by atoms with van der Waals surface area (Å²) in [5.74, 6) is -1.48. The van der Waals surface area contributed by atoms with E-state index in [2.05, 4.69) is 5.32 Å². The minimum absolute atomic E-state index is 0.0486. The highest BCUT2D eigenvalue weighted by Crippen LogP contribution is 2.38. The third-order valence-corrected chi connectivity index (χ3v) is 4.85. The number of carbonyl (C=O) groups is 3. The van der Waals surface area contributed by atoms with Crippen LogP contribution in [0.1, 0.15) is 28.4 Å². The van der Waals surface area contributed by atoms with E-state index in [1.54, 1.807) is 48.5 Å². The number of amides is 2. The van der Waals surface area contributed by atoms with Gasteiger partial charge in [-0.25, -0.2) is 0 Å². The van der Waals surface area contributed by atoms with Gasteiger partial charge in [-0.15, -0.1) is 0 Å². The Bertz CT molecular complexity index is 1080. The SMILES string of the molecule is O=C(CC(c1ccc(O)cc1)N1C(=O)C(=O)c2ccccc21)Nc1ccccc1. The van der Waals surface area contributed by atoms with Gasteiger partial charge in [0, 0.05) is 5.69 Å². The Kier molecular flexibility index (Phi) is 4.83. The van der Waals surface area contributed by atoms with Crippen molar-refractivity contribution in [2.24, 2.45) is 0 Å². The molecule has 0 spiro atoms. The molecule has 1 atom stereocenters. The number of phenols is 1. The number of fused-ring (bicyclic) bond motifs is 1. The molecule has 1 aliphatic rings. The summed E-state index contributed by atoms with van der Waals surface area (Å²) in [6.45, 7) is 0. The minimum atomic E-state index is -0.695. The van der Waals surface area contributed by atoms with Crippen LogP contribution >= 0.6 is 0 Å². The second kappa shape index (κ2) is 7.59. The van der Waals surface area contributed by atoms with Gasteiger partial charge in [-0.2, -0.15) is 0 Å². The number of para-hydroxylation sites is 2. The molecule has 3 aromatic rings. The minimum Gasteiger partial charge on any atom is -0.508 e. The van der Waals surface area contributed by atoms with Gasteiger partial charge in [-0.1, -0.05) is 42.5 Å². The molecule has 0 saturated heterocycles. The molecule has 1 unspecified atom stereocenters. The average molecular weight is 386 g/mol. The number of nitrogens with one attached hydrogen (secondary N) is 1. The summed E-state index contributed by atoms with van der Waals surface area (Å²) in [7, 11) is 0. The number of aromatic hydroxyl groups is 1. The topological polar surface area (TPSA) is 86.7 Å². The zero-order valence-corrected chi connectivity index (χ0v) is 15.4. The first kappa shape index (κ1) is 18.4. The van der Waals surface area contributed by atoms with E-state index in [4.69, 9.17) is 0 Å². The number of ketones is 1. The molecule has 29 heavy (non-hydrogen) atoms. The largest absolute Gasteiger partial charge is 0.508 e. The van der Waals surface area contributed by atoms with E-state index >= 15 is 0 Å². The van der Waals surface area contributed by atoms with Gasteiger partial charge in [-0.3, -0.25) is 19.3 Å². The third-order valence-electron chi connectivity index (χ3n) is 4.85. The van der Waals surface area contributed by atoms with Crippen LogP contribution in [-0.4, -0.2) is 22.7 Å². The van der Waals surface area contributed by atoms with Crippen LogP contribution in [0.3, 0.4) is 0 Å². The van der Waals surface area contributed by atoms with Gasteiger partial charge in [0.1, 0.15) is 5.75 Å². The molecule has 0 aromatic heterocycles. The molecule has 6 heteroatoms. The lowest BCUT2D eigenvalue weighted by Gasteiger charge is -2.28. The van der Waals surface area contributed by atoms with Crippen LogP contribution in [0.5, 0.6) is 5.75 Å². The summed E-state index contributed by atoms with van der Waals surface area (Å²) in [6.07, 6.45) is -0.0486. The first-order valence-electron chi connectivity index (χ1n) is 9.15. The molecule has 0 saturated carbocycles. The third kappa shape index (κ3) is 3.60. The van der Waals surface area contributed by atoms with Gasteiger partial charge in [0.2, 0.25) is 5.91 Å². The quantitative estimate of drug-likeness (QED) is 0.655. The summed E-state index contributed by atoms with van der Waals surface area (Å²) < 4.78 is 0. The number of Topliss-reactive ketones (excluding diaryl/α,β-unsaturated/α-hetero) is 1. The highest BCUT2D eigenvalue weighted by atomic mass is 16.3. The molecule has 4 rings (SSSR count). The summed E-state index contributed by atoms with van der Waals surface area (Å²) in [6, 6.07) is 21.3. The van der Waals surface area contributed by atoms with E-state index in [1.165, 1.54) is 17.0 Å². The Labute approximate surface area is 167 Å². The molecule has 0 fully saturated rings. The summed E-state index contributed by atoms with van der Waals surface area (Å²) in [5, 5.41) is 12.4. The van der Waals surface area contributed by atoms with Crippen LogP contribution in [0.2, 0.25) is 0 Å². The van der Waals surface area contributed by atoms with Crippen molar-refractivity contribution in [3.63, 3.8) is 0 Å². The zero-order chi connectivity index (χ0) is 20.4. The molecule has 1 heterocycles. The molecule has 144 valence electrons. The smallest absolute Gasteiger partial charge is 0.300 e. The predicted octanol–water partition coefficient (Wildman–Crippen LogP) is 3.69. The number of nitrogens with zero attached hydrogens (tertiary/aromatic N) is 1. The molecule has 0 aliphatic carbocycles. The number of hydrogen-bond donors (Lipinski definition) is 2. The second-order valence-electron chi connectivity index (χ2n) is 6.75. The Balaban J connectivity index is 1.70. The van der Waals surface area contributed by atoms with Crippen LogP contribution in [0, 0.1) is 0 Å². The summed E-state index contributed by atoms with van der Waals surface area (Å²) in [5.41, 5.74) is 2.09. The van der Waals surface area contributed by atoms with Crippen molar-refractivity contribution in [2.75, 3.05) is 10.2 Å². The lowest BCUT2D eigenvalue weighted by atomic mass is 10.0. The van der Waals surface area contributed by atoms with Crippen molar-refractivity contribution in [3.8, 4) is 5.75 Å². The fraction of sp³-hybridized carbons (Fsp3) is 0.0870. The van der Waals surface area contributed by atoms with Crippen molar-refractivity contribution in [3.05, 3.63) is 90.0 Å². The maximum absolute atomic E-state index is 12.8. The fourth-order valence-corrected chi connectivity index (χ4v) is 3.48. The van der Waals surface area contributed by atoms with E-state index in [0.717, 1.165) is 0 Å². The zero-order valence-electron chi connectivity index (χ0n) is 15.4. The number of phenolic OH excluding ortho intramolecular Hbond substituents is 1. The van der Waals surface area contributed by atoms with E-state index < -0.39 is 17.7 Å². The number of benzene rings is 3. The van der Waals surface area contributed by atoms with Crippen molar-refractivity contribution in [1.29, 1.82) is 0 Å². The Morgan fingerprint density at radius 2 is 1.55 bits per heavy atom. The van der Waals surface area contributed by atoms with Gasteiger partial charge < -0.3 is 10.4 Å². The first-order valence-corrected chi connectivity index (χ1v) is 9.15. The lowest BCUT2D eigenvalue weighted by Crippen LogP contribution is -2.36. The van der Waals surface area contributed by atoms with Crippen molar-refractivity contribution < 1.29 is 19.5 Å². The van der Waals surface area contributed by atoms with Crippen molar-refractivity contribution >= 4 is 29.0 Å². The van der Waals surface area contributed by atoms with E-state index in [0.29, 0.717) is 22.5 Å². The standard InChI is InChI=1S/C23H18N2O4/c26-17-12-10-15(11-13-17)20(14-21(27)24-16-6-2-1-3-7-16)25-19-9-5-4-8-18(19)22(28)23(25)29/h1-13,20,26H,14H2,(H,24,27). The maximum atomic E-state index is 12.8. The number of anilines is 2. The normalized spacial score (nSPS) is 13.9. The number of carbonyl (C=O) groups excluding carboxylic acids is 3. The highest BCUT2D eigenvalue weighted by Gasteiger charge is 2.40. The lowest BCUT2D eigenvalue weighted by molar-refractivity contribution is -0.117. The number of rotatable bonds is 5. The van der Waals surface area contributed by atoms with Gasteiger partial charge in [0.15, 0.2) is 0 Å². The average Bonchev–Trinajstić information content (AvgIpc) is 2.98. The molecule has 1 aliphatic heterocycles. The van der Waals surface area contributed by atoms with Gasteiger partial charge in [0.25, 0.3) is 11.7 Å². The van der Waals surface area contributed by atoms with Crippen LogP contribution in [0.25, 0.3) is 0 Å². The molecule has 0 bridgehead atoms. The molecular formula is C23H18N2O4. The van der Waals surface area contributed by atoms with Crippen LogP contribution in [0.15, 0.2) is 78.9 Å². The Morgan fingerprint density at radius 3 is 2.28 bits per heavy atom. The Morgan fingerprint density at radius 1 is 0.897 bits per heavy atom. The molecule has 3 aromatic carbocycles. The van der Waals surface area contributed by atoms with Crippen molar-refractivity contribution in [1.82, 2.24) is 0 Å². The number of hydrogen-bond acceptors (Lipinski definition) is 4. The van der Waals surface area contributed by atoms with E-state index in [1.807, 2.05) is 18.2 Å². The fourth-order valence-electron chi connectivity index (χ4n) is 3.48. The van der Waals surface area contributed by atoms with E-state index in [-0.39, 0.29) is 18.1 Å². The molecule has 6 nitrogen and oxygen atoms in total. The predicted molar refractivity (Wildman–Crippen MR) is 109 cm³/mol. The molecule has 2 amide bonds. The van der Waals surface area contributed by atoms with Crippen LogP contribution < -0.4 is 10.2 Å². The van der Waals surface area contributed by atoms with Crippen LogP contribution in [-0.2, 0) is 9.59 Å². The van der Waals surface area contributed by atoms with Gasteiger partial charge >= 0.3 is 0 Å². The first-order chi connectivity index (χ1) is 14.0. The Hall–Kier alpha value is -3.93. The molecule has 2 N–H and O–H groups in total. The van der Waals surface area contributed by atoms with Gasteiger partial charge in [-0.05, 0) is 42.0 Å². The second-order valence-corrected chi connectivity index (χ2v) is 6.75. The summed E-state index contributed by atoms with van der Waals surface area (Å²) in [4.78, 5) is 39.3. The maximum Gasteiger partial charge on any atom is 0.300 e. The monoisotopic (exact) mass is 386 g/mol. The van der Waals surface area contributed by atoms with E-state index in [9.17, 15) is 19.5 Å². The molecule has 0 radical (unpaired) electrons. The van der Waals surface area contributed by atoms with Crippen molar-refractivity contribution in [2.45, 2.75) is 12.5 Å². The van der Waals surface area contributed by atoms with Gasteiger partial charge in [0.05, 0.1) is 23.7 Å². The summed E-state index contributed by atoms with van der Waals surface area (Å²) >= 11 is 0. The van der Waals surface area contributed by atoms with Crippen LogP contribution in [0.4, 0.5) is 11.4 Å². The highest BCUT2D eigenvalue weighted by molar-refractivity contribution is 6.52.